The van der Waals surface area contributed by atoms with Crippen molar-refractivity contribution in [3.63, 3.8) is 0 Å². The van der Waals surface area contributed by atoms with Crippen LogP contribution in [0.15, 0.2) is 36.4 Å². The van der Waals surface area contributed by atoms with E-state index in [4.69, 9.17) is 0 Å². The van der Waals surface area contributed by atoms with Gasteiger partial charge in [0.1, 0.15) is 0 Å². The average Bonchev–Trinajstić information content (AvgIpc) is 3.35. The molecular formula is C37H52Cl2Zr-2. The minimum Gasteiger partial charge on any atom is -1.00 e. The normalized spacial score (nSPS) is 12.0. The maximum atomic E-state index is 3.69. The largest absolute Gasteiger partial charge is 1.00 e. The zero-order chi connectivity index (χ0) is 29.2. The molecule has 0 radical (unpaired) electrons. The Bertz CT molecular complexity index is 1200. The standard InChI is InChI=1S/C23H29.C11H17.C3H6.2ClH.Zr/c1-14-9-16-11-17-10-15(2)21(23(6,7)8)13-19(17)18(16)12-20(14)22(3,4)5;1-5-9-6-7-10(8-9)11(2,3)4;1-3-2;;;/h9,12-13H,11H2,1-8H3;6-8H,5H2,1-4H3;1-2H3;2*1H;/q2*-1;;;;+2/p-2. The molecule has 3 heteroatoms. The zero-order valence-electron chi connectivity index (χ0n) is 27.6. The number of halogens is 2. The van der Waals surface area contributed by atoms with Gasteiger partial charge in [0.15, 0.2) is 0 Å². The summed E-state index contributed by atoms with van der Waals surface area (Å²) >= 11 is 1.55. The topological polar surface area (TPSA) is 0 Å². The van der Waals surface area contributed by atoms with Gasteiger partial charge in [0.25, 0.3) is 0 Å². The van der Waals surface area contributed by atoms with Crippen LogP contribution in [0.3, 0.4) is 0 Å². The van der Waals surface area contributed by atoms with Crippen LogP contribution in [0.1, 0.15) is 128 Å². The summed E-state index contributed by atoms with van der Waals surface area (Å²) in [5.74, 6) is 0. The summed E-state index contributed by atoms with van der Waals surface area (Å²) in [7, 11) is 0. The summed E-state index contributed by atoms with van der Waals surface area (Å²) in [6.45, 7) is 31.4. The number of fused-ring (bicyclic) bond motifs is 3. The quantitative estimate of drug-likeness (QED) is 0.268. The van der Waals surface area contributed by atoms with E-state index in [0.29, 0.717) is 5.41 Å². The zero-order valence-corrected chi connectivity index (χ0v) is 31.6. The second kappa shape index (κ2) is 15.0. The van der Waals surface area contributed by atoms with Gasteiger partial charge in [-0.15, -0.1) is 16.7 Å². The van der Waals surface area contributed by atoms with Crippen molar-refractivity contribution in [1.29, 1.82) is 0 Å². The number of benzene rings is 2. The monoisotopic (exact) mass is 656 g/mol. The number of hydrogen-bond donors (Lipinski definition) is 0. The number of hydrogen-bond acceptors (Lipinski definition) is 0. The average molecular weight is 659 g/mol. The molecule has 0 atom stereocenters. The molecule has 1 aliphatic carbocycles. The molecule has 3 aromatic carbocycles. The number of aryl methyl sites for hydroxylation is 3. The van der Waals surface area contributed by atoms with E-state index in [1.54, 1.807) is 24.2 Å². The van der Waals surface area contributed by atoms with E-state index in [0.717, 1.165) is 12.8 Å². The Morgan fingerprint density at radius 1 is 0.800 bits per heavy atom. The third-order valence-corrected chi connectivity index (χ3v) is 7.17. The molecule has 0 saturated carbocycles. The SMILES string of the molecule is CCc1cc(C(C)(C)C)c[cH-]1.C[C](C)=[Zr+2].Cc1[c-]c2c(cc1C(C)(C)C)-c1cc(C(C)(C)C)c(C)cc1C2.[Cl-].[Cl-]. The van der Waals surface area contributed by atoms with Crippen molar-refractivity contribution in [3.8, 4) is 11.1 Å². The summed E-state index contributed by atoms with van der Waals surface area (Å²) in [5, 5.41) is 0. The Kier molecular flexibility index (Phi) is 14.7. The molecule has 1 aliphatic rings. The molecule has 0 unspecified atom stereocenters. The molecule has 0 saturated heterocycles. The van der Waals surface area contributed by atoms with Crippen molar-refractivity contribution in [3.05, 3.63) is 87.0 Å². The van der Waals surface area contributed by atoms with E-state index < -0.39 is 0 Å². The van der Waals surface area contributed by atoms with E-state index in [-0.39, 0.29) is 35.6 Å². The predicted molar refractivity (Wildman–Crippen MR) is 167 cm³/mol. The van der Waals surface area contributed by atoms with Crippen molar-refractivity contribution in [2.24, 2.45) is 0 Å². The second-order valence-electron chi connectivity index (χ2n) is 14.3. The van der Waals surface area contributed by atoms with Gasteiger partial charge in [-0.05, 0) is 35.4 Å². The maximum absolute atomic E-state index is 3.69. The molecule has 4 rings (SSSR count). The predicted octanol–water partition coefficient (Wildman–Crippen LogP) is 4.29. The Balaban J connectivity index is 0.000000754. The van der Waals surface area contributed by atoms with Crippen LogP contribution in [0.4, 0.5) is 0 Å². The Morgan fingerprint density at radius 2 is 1.30 bits per heavy atom. The van der Waals surface area contributed by atoms with Gasteiger partial charge in [0.2, 0.25) is 0 Å². The Hall–Kier alpha value is -0.877. The van der Waals surface area contributed by atoms with Gasteiger partial charge in [0.05, 0.1) is 0 Å². The molecule has 0 aliphatic heterocycles. The Labute approximate surface area is 274 Å². The van der Waals surface area contributed by atoms with Crippen molar-refractivity contribution >= 4 is 3.21 Å². The Morgan fingerprint density at radius 3 is 1.70 bits per heavy atom. The van der Waals surface area contributed by atoms with Gasteiger partial charge in [0, 0.05) is 0 Å². The molecule has 0 amide bonds. The van der Waals surface area contributed by atoms with Gasteiger partial charge in [-0.2, -0.15) is 41.0 Å². The summed E-state index contributed by atoms with van der Waals surface area (Å²) in [6.07, 6.45) is 2.18. The van der Waals surface area contributed by atoms with Crippen LogP contribution in [0.5, 0.6) is 0 Å². The van der Waals surface area contributed by atoms with Crippen LogP contribution >= 0.6 is 0 Å². The van der Waals surface area contributed by atoms with Crippen LogP contribution < -0.4 is 24.8 Å². The summed E-state index contributed by atoms with van der Waals surface area (Å²) < 4.78 is 1.51. The smallest absolute Gasteiger partial charge is 0.0129 e. The molecule has 0 spiro atoms. The molecule has 0 N–H and O–H groups in total. The van der Waals surface area contributed by atoms with Gasteiger partial charge >= 0.3 is 41.3 Å². The van der Waals surface area contributed by atoms with E-state index >= 15 is 0 Å². The van der Waals surface area contributed by atoms with Crippen LogP contribution in [-0.2, 0) is 53.3 Å². The minimum atomic E-state index is 0. The maximum Gasteiger partial charge on any atom is -0.0129 e. The first-order valence-electron chi connectivity index (χ1n) is 14.2. The molecule has 220 valence electrons. The summed E-state index contributed by atoms with van der Waals surface area (Å²) in [5.41, 5.74) is 14.8. The molecule has 0 nitrogen and oxygen atoms in total. The van der Waals surface area contributed by atoms with Crippen LogP contribution in [0.2, 0.25) is 0 Å². The van der Waals surface area contributed by atoms with Gasteiger partial charge < -0.3 is 24.8 Å². The minimum absolute atomic E-state index is 0. The second-order valence-corrected chi connectivity index (χ2v) is 16.8. The summed E-state index contributed by atoms with van der Waals surface area (Å²) in [4.78, 5) is 0. The van der Waals surface area contributed by atoms with Crippen molar-refractivity contribution in [1.82, 2.24) is 0 Å². The molecule has 0 fully saturated rings. The van der Waals surface area contributed by atoms with Gasteiger partial charge in [-0.3, -0.25) is 0 Å². The first-order chi connectivity index (χ1) is 17.3. The van der Waals surface area contributed by atoms with Crippen LogP contribution in [0, 0.1) is 19.9 Å². The molecule has 40 heavy (non-hydrogen) atoms. The van der Waals surface area contributed by atoms with E-state index in [1.165, 1.54) is 58.8 Å². The third-order valence-electron chi connectivity index (χ3n) is 7.17. The van der Waals surface area contributed by atoms with E-state index in [9.17, 15) is 0 Å². The molecule has 0 bridgehead atoms. The van der Waals surface area contributed by atoms with E-state index in [2.05, 4.69) is 139 Å². The molecule has 0 aromatic heterocycles. The fourth-order valence-corrected chi connectivity index (χ4v) is 5.20. The molecular weight excluding hydrogens is 607 g/mol. The number of rotatable bonds is 1. The van der Waals surface area contributed by atoms with Crippen LogP contribution in [-0.4, -0.2) is 3.21 Å². The molecule has 0 heterocycles. The van der Waals surface area contributed by atoms with Gasteiger partial charge in [-0.1, -0.05) is 111 Å². The van der Waals surface area contributed by atoms with Crippen molar-refractivity contribution < 1.29 is 49.0 Å². The summed E-state index contributed by atoms with van der Waals surface area (Å²) in [6, 6.07) is 17.7. The van der Waals surface area contributed by atoms with E-state index in [1.807, 2.05) is 0 Å². The fraction of sp³-hybridized carbons (Fsp3) is 0.514. The molecule has 3 aromatic rings. The third kappa shape index (κ3) is 10.4. The fourth-order valence-electron chi connectivity index (χ4n) is 5.20. The van der Waals surface area contributed by atoms with Crippen molar-refractivity contribution in [2.45, 2.75) is 126 Å². The first kappa shape index (κ1) is 39.1. The van der Waals surface area contributed by atoms with Crippen molar-refractivity contribution in [2.75, 3.05) is 0 Å². The first-order valence-corrected chi connectivity index (χ1v) is 15.5. The van der Waals surface area contributed by atoms with Gasteiger partial charge in [-0.25, -0.2) is 6.07 Å². The van der Waals surface area contributed by atoms with Crippen LogP contribution in [0.25, 0.3) is 11.1 Å².